The monoisotopic (exact) mass is 324 g/mol. The summed E-state index contributed by atoms with van der Waals surface area (Å²) in [5, 5.41) is 15.4. The van der Waals surface area contributed by atoms with Crippen LogP contribution in [-0.4, -0.2) is 22.8 Å². The fourth-order valence-electron chi connectivity index (χ4n) is 2.38. The van der Waals surface area contributed by atoms with Crippen molar-refractivity contribution in [1.82, 2.24) is 15.5 Å². The van der Waals surface area contributed by atoms with Crippen LogP contribution in [-0.2, 0) is 0 Å². The Labute approximate surface area is 137 Å². The number of anilines is 1. The lowest BCUT2D eigenvalue weighted by molar-refractivity contribution is 0.252. The Morgan fingerprint density at radius 2 is 1.77 bits per heavy atom. The smallest absolute Gasteiger partial charge is 0.321 e. The van der Waals surface area contributed by atoms with Gasteiger partial charge < -0.3 is 5.32 Å². The highest BCUT2D eigenvalue weighted by atomic mass is 32.1. The minimum absolute atomic E-state index is 0.165. The summed E-state index contributed by atoms with van der Waals surface area (Å²) >= 11 is 1.49. The third-order valence-corrected chi connectivity index (χ3v) is 4.90. The van der Waals surface area contributed by atoms with Crippen LogP contribution < -0.4 is 10.6 Å². The van der Waals surface area contributed by atoms with Gasteiger partial charge in [-0.1, -0.05) is 63.2 Å². The van der Waals surface area contributed by atoms with E-state index < -0.39 is 0 Å². The van der Waals surface area contributed by atoms with Gasteiger partial charge in [-0.3, -0.25) is 5.32 Å². The first-order valence-corrected chi connectivity index (χ1v) is 9.49. The molecule has 2 rings (SSSR count). The molecule has 1 saturated carbocycles. The largest absolute Gasteiger partial charge is 0.338 e. The van der Waals surface area contributed by atoms with Crippen LogP contribution in [0, 0.1) is 0 Å². The second kappa shape index (κ2) is 9.77. The van der Waals surface area contributed by atoms with Crippen LogP contribution in [0.3, 0.4) is 0 Å². The van der Waals surface area contributed by atoms with Gasteiger partial charge in [0, 0.05) is 12.5 Å². The molecule has 0 spiro atoms. The summed E-state index contributed by atoms with van der Waals surface area (Å²) in [6, 6.07) is -0.165. The van der Waals surface area contributed by atoms with Crippen LogP contribution in [0.1, 0.15) is 82.1 Å². The van der Waals surface area contributed by atoms with E-state index >= 15 is 0 Å². The molecular weight excluding hydrogens is 296 g/mol. The highest BCUT2D eigenvalue weighted by Gasteiger charge is 2.27. The molecule has 124 valence electrons. The van der Waals surface area contributed by atoms with Gasteiger partial charge in [-0.05, 0) is 19.3 Å². The zero-order chi connectivity index (χ0) is 15.6. The van der Waals surface area contributed by atoms with Gasteiger partial charge >= 0.3 is 6.03 Å². The molecular formula is C16H28N4OS. The van der Waals surface area contributed by atoms with Crippen molar-refractivity contribution >= 4 is 22.5 Å². The SMILES string of the molecule is CCCCCCCCCCNC(=O)Nc1nnc(C2CC2)s1. The van der Waals surface area contributed by atoms with Crippen molar-refractivity contribution in [3.05, 3.63) is 5.01 Å². The van der Waals surface area contributed by atoms with Gasteiger partial charge in [-0.2, -0.15) is 0 Å². The number of hydrogen-bond donors (Lipinski definition) is 2. The molecule has 6 heteroatoms. The third-order valence-electron chi connectivity index (χ3n) is 3.90. The van der Waals surface area contributed by atoms with E-state index in [1.165, 1.54) is 69.1 Å². The van der Waals surface area contributed by atoms with Gasteiger partial charge in [-0.15, -0.1) is 10.2 Å². The number of nitrogens with one attached hydrogen (secondary N) is 2. The number of nitrogens with zero attached hydrogens (tertiary/aromatic N) is 2. The van der Waals surface area contributed by atoms with Crippen molar-refractivity contribution in [2.75, 3.05) is 11.9 Å². The van der Waals surface area contributed by atoms with Crippen LogP contribution in [0.25, 0.3) is 0 Å². The third kappa shape index (κ3) is 6.73. The van der Waals surface area contributed by atoms with Gasteiger partial charge in [0.25, 0.3) is 0 Å². The van der Waals surface area contributed by atoms with Gasteiger partial charge in [0.05, 0.1) is 0 Å². The molecule has 1 aliphatic carbocycles. The number of urea groups is 1. The molecule has 1 aromatic rings. The van der Waals surface area contributed by atoms with Crippen molar-refractivity contribution in [2.24, 2.45) is 0 Å². The quantitative estimate of drug-likeness (QED) is 0.581. The normalized spacial score (nSPS) is 14.0. The van der Waals surface area contributed by atoms with Gasteiger partial charge in [0.15, 0.2) is 0 Å². The molecule has 1 heterocycles. The molecule has 0 radical (unpaired) electrons. The Bertz CT molecular complexity index is 445. The molecule has 2 amide bonds. The topological polar surface area (TPSA) is 66.9 Å². The Morgan fingerprint density at radius 3 is 2.45 bits per heavy atom. The molecule has 0 bridgehead atoms. The van der Waals surface area contributed by atoms with E-state index in [9.17, 15) is 4.79 Å². The van der Waals surface area contributed by atoms with Gasteiger partial charge in [0.2, 0.25) is 5.13 Å². The van der Waals surface area contributed by atoms with E-state index in [1.807, 2.05) is 0 Å². The second-order valence-electron chi connectivity index (χ2n) is 6.08. The molecule has 0 unspecified atom stereocenters. The number of carbonyl (C=O) groups is 1. The Balaban J connectivity index is 1.45. The summed E-state index contributed by atoms with van der Waals surface area (Å²) in [5.41, 5.74) is 0. The molecule has 1 aliphatic rings. The summed E-state index contributed by atoms with van der Waals surface area (Å²) in [6.45, 7) is 2.97. The lowest BCUT2D eigenvalue weighted by atomic mass is 10.1. The van der Waals surface area contributed by atoms with Crippen molar-refractivity contribution in [2.45, 2.75) is 77.0 Å². The van der Waals surface area contributed by atoms with E-state index in [2.05, 4.69) is 27.8 Å². The van der Waals surface area contributed by atoms with Crippen LogP contribution >= 0.6 is 11.3 Å². The molecule has 1 aromatic heterocycles. The number of aromatic nitrogens is 2. The fourth-order valence-corrected chi connectivity index (χ4v) is 3.29. The summed E-state index contributed by atoms with van der Waals surface area (Å²) < 4.78 is 0. The van der Waals surface area contributed by atoms with Crippen LogP contribution in [0.2, 0.25) is 0 Å². The highest BCUT2D eigenvalue weighted by molar-refractivity contribution is 7.15. The first-order valence-electron chi connectivity index (χ1n) is 8.68. The number of unbranched alkanes of at least 4 members (excludes halogenated alkanes) is 7. The zero-order valence-corrected chi connectivity index (χ0v) is 14.4. The summed E-state index contributed by atoms with van der Waals surface area (Å²) in [4.78, 5) is 11.7. The van der Waals surface area contributed by atoms with Crippen molar-refractivity contribution in [3.63, 3.8) is 0 Å². The molecule has 0 saturated heterocycles. The Hall–Kier alpha value is -1.17. The molecule has 22 heavy (non-hydrogen) atoms. The Morgan fingerprint density at radius 1 is 1.09 bits per heavy atom. The number of amides is 2. The summed E-state index contributed by atoms with van der Waals surface area (Å²) in [7, 11) is 0. The number of hydrogen-bond acceptors (Lipinski definition) is 4. The molecule has 0 aliphatic heterocycles. The van der Waals surface area contributed by atoms with Crippen molar-refractivity contribution in [3.8, 4) is 0 Å². The number of carbonyl (C=O) groups excluding carboxylic acids is 1. The zero-order valence-electron chi connectivity index (χ0n) is 13.6. The lowest BCUT2D eigenvalue weighted by Crippen LogP contribution is -2.29. The fraction of sp³-hybridized carbons (Fsp3) is 0.812. The average molecular weight is 324 g/mol. The molecule has 0 aromatic carbocycles. The summed E-state index contributed by atoms with van der Waals surface area (Å²) in [6.07, 6.45) is 12.6. The highest BCUT2D eigenvalue weighted by Crippen LogP contribution is 2.41. The van der Waals surface area contributed by atoms with E-state index in [1.54, 1.807) is 0 Å². The van der Waals surface area contributed by atoms with Crippen LogP contribution in [0.5, 0.6) is 0 Å². The van der Waals surface area contributed by atoms with E-state index in [0.717, 1.165) is 18.0 Å². The Kier molecular flexibility index (Phi) is 7.63. The summed E-state index contributed by atoms with van der Waals surface area (Å²) in [5.74, 6) is 0.591. The first-order chi connectivity index (χ1) is 10.8. The molecule has 2 N–H and O–H groups in total. The average Bonchev–Trinajstić information content (AvgIpc) is 3.26. The lowest BCUT2D eigenvalue weighted by Gasteiger charge is -2.05. The standard InChI is InChI=1S/C16H28N4OS/c1-2-3-4-5-6-7-8-9-12-17-15(21)18-16-20-19-14(22-16)13-10-11-13/h13H,2-12H2,1H3,(H2,17,18,20,21). The maximum atomic E-state index is 11.7. The minimum atomic E-state index is -0.165. The van der Waals surface area contributed by atoms with Crippen molar-refractivity contribution < 1.29 is 4.79 Å². The van der Waals surface area contributed by atoms with E-state index in [0.29, 0.717) is 11.0 Å². The number of rotatable bonds is 11. The predicted octanol–water partition coefficient (Wildman–Crippen LogP) is 4.68. The van der Waals surface area contributed by atoms with Crippen molar-refractivity contribution in [1.29, 1.82) is 0 Å². The molecule has 5 nitrogen and oxygen atoms in total. The molecule has 1 fully saturated rings. The van der Waals surface area contributed by atoms with Crippen LogP contribution in [0.15, 0.2) is 0 Å². The van der Waals surface area contributed by atoms with Crippen LogP contribution in [0.4, 0.5) is 9.93 Å². The predicted molar refractivity (Wildman–Crippen MR) is 91.5 cm³/mol. The first kappa shape index (κ1) is 17.2. The second-order valence-corrected chi connectivity index (χ2v) is 7.08. The minimum Gasteiger partial charge on any atom is -0.338 e. The molecule has 0 atom stereocenters. The van der Waals surface area contributed by atoms with Gasteiger partial charge in [-0.25, -0.2) is 4.79 Å². The van der Waals surface area contributed by atoms with E-state index in [-0.39, 0.29) is 6.03 Å². The van der Waals surface area contributed by atoms with E-state index in [4.69, 9.17) is 0 Å². The maximum Gasteiger partial charge on any atom is 0.321 e. The van der Waals surface area contributed by atoms with Gasteiger partial charge in [0.1, 0.15) is 5.01 Å². The maximum absolute atomic E-state index is 11.7.